The van der Waals surface area contributed by atoms with E-state index in [4.69, 9.17) is 0 Å². The van der Waals surface area contributed by atoms with Crippen molar-refractivity contribution in [2.24, 2.45) is 0 Å². The Balaban J connectivity index is 1.55. The molecule has 6 heteroatoms. The van der Waals surface area contributed by atoms with Crippen LogP contribution >= 0.6 is 11.8 Å². The first-order valence-corrected chi connectivity index (χ1v) is 9.53. The second kappa shape index (κ2) is 8.67. The Morgan fingerprint density at radius 2 is 1.96 bits per heavy atom. The minimum Gasteiger partial charge on any atom is -0.355 e. The Hall–Kier alpha value is -2.60. The van der Waals surface area contributed by atoms with Gasteiger partial charge in [-0.1, -0.05) is 54.2 Å². The predicted octanol–water partition coefficient (Wildman–Crippen LogP) is 3.34. The largest absolute Gasteiger partial charge is 0.355 e. The molecule has 0 aliphatic carbocycles. The van der Waals surface area contributed by atoms with Crippen molar-refractivity contribution in [3.8, 4) is 5.69 Å². The Bertz CT molecular complexity index is 877. The predicted molar refractivity (Wildman–Crippen MR) is 105 cm³/mol. The molecule has 0 fully saturated rings. The Morgan fingerprint density at radius 1 is 1.15 bits per heavy atom. The van der Waals surface area contributed by atoms with Crippen LogP contribution in [0.1, 0.15) is 16.7 Å². The number of hydrogen-bond acceptors (Lipinski definition) is 4. The lowest BCUT2D eigenvalue weighted by molar-refractivity contribution is -0.118. The molecule has 1 N–H and O–H groups in total. The summed E-state index contributed by atoms with van der Waals surface area (Å²) in [5.74, 6) is 0.319. The van der Waals surface area contributed by atoms with Gasteiger partial charge in [-0.3, -0.25) is 9.36 Å². The number of aryl methyl sites for hydroxylation is 2. The molecule has 0 aliphatic heterocycles. The number of aromatic nitrogens is 3. The zero-order valence-corrected chi connectivity index (χ0v) is 15.8. The summed E-state index contributed by atoms with van der Waals surface area (Å²) in [5, 5.41) is 11.8. The minimum absolute atomic E-state index is 0.00134. The first kappa shape index (κ1) is 18.2. The number of nitrogens with zero attached hydrogens (tertiary/aromatic N) is 3. The van der Waals surface area contributed by atoms with Gasteiger partial charge in [0, 0.05) is 6.54 Å². The molecule has 1 heterocycles. The van der Waals surface area contributed by atoms with Crippen molar-refractivity contribution >= 4 is 17.7 Å². The van der Waals surface area contributed by atoms with E-state index in [0.29, 0.717) is 12.3 Å². The van der Waals surface area contributed by atoms with Crippen molar-refractivity contribution in [3.05, 3.63) is 71.5 Å². The lowest BCUT2D eigenvalue weighted by atomic mass is 10.1. The summed E-state index contributed by atoms with van der Waals surface area (Å²) in [6, 6.07) is 16.4. The van der Waals surface area contributed by atoms with Gasteiger partial charge < -0.3 is 5.32 Å². The average Bonchev–Trinajstić information content (AvgIpc) is 3.11. The third-order valence-electron chi connectivity index (χ3n) is 4.05. The summed E-state index contributed by atoms with van der Waals surface area (Å²) in [7, 11) is 0. The van der Waals surface area contributed by atoms with E-state index in [1.807, 2.05) is 22.8 Å². The monoisotopic (exact) mass is 366 g/mol. The second-order valence-electron chi connectivity index (χ2n) is 6.15. The SMILES string of the molecule is Cc1ccc(C)c(-n2cnnc2SCC(=O)NCCc2ccccc2)c1. The highest BCUT2D eigenvalue weighted by atomic mass is 32.2. The lowest BCUT2D eigenvalue weighted by Gasteiger charge is -2.10. The van der Waals surface area contributed by atoms with Crippen molar-refractivity contribution in [1.82, 2.24) is 20.1 Å². The average molecular weight is 366 g/mol. The van der Waals surface area contributed by atoms with Crippen LogP contribution in [-0.4, -0.2) is 33.0 Å². The van der Waals surface area contributed by atoms with Gasteiger partial charge in [-0.2, -0.15) is 0 Å². The van der Waals surface area contributed by atoms with E-state index in [-0.39, 0.29) is 5.91 Å². The Morgan fingerprint density at radius 3 is 2.77 bits per heavy atom. The minimum atomic E-state index is 0.00134. The first-order valence-electron chi connectivity index (χ1n) is 8.54. The Labute approximate surface area is 157 Å². The third-order valence-corrected chi connectivity index (χ3v) is 4.99. The molecule has 0 atom stereocenters. The number of amides is 1. The molecule has 0 bridgehead atoms. The summed E-state index contributed by atoms with van der Waals surface area (Å²) < 4.78 is 1.93. The fraction of sp³-hybridized carbons (Fsp3) is 0.250. The van der Waals surface area contributed by atoms with E-state index in [0.717, 1.165) is 22.8 Å². The fourth-order valence-electron chi connectivity index (χ4n) is 2.64. The van der Waals surface area contributed by atoms with E-state index in [2.05, 4.69) is 59.7 Å². The molecule has 134 valence electrons. The number of benzene rings is 2. The van der Waals surface area contributed by atoms with Gasteiger partial charge in [0.05, 0.1) is 11.4 Å². The van der Waals surface area contributed by atoms with Crippen LogP contribution in [0.25, 0.3) is 5.69 Å². The van der Waals surface area contributed by atoms with E-state index >= 15 is 0 Å². The maximum absolute atomic E-state index is 12.1. The van der Waals surface area contributed by atoms with Crippen molar-refractivity contribution in [2.45, 2.75) is 25.4 Å². The molecule has 5 nitrogen and oxygen atoms in total. The number of hydrogen-bond donors (Lipinski definition) is 1. The number of thioether (sulfide) groups is 1. The number of carbonyl (C=O) groups excluding carboxylic acids is 1. The third kappa shape index (κ3) is 4.73. The van der Waals surface area contributed by atoms with E-state index < -0.39 is 0 Å². The molecule has 1 aromatic heterocycles. The molecule has 0 aliphatic rings. The second-order valence-corrected chi connectivity index (χ2v) is 7.09. The zero-order chi connectivity index (χ0) is 18.4. The normalized spacial score (nSPS) is 10.7. The maximum Gasteiger partial charge on any atom is 0.230 e. The van der Waals surface area contributed by atoms with Gasteiger partial charge in [0.2, 0.25) is 5.91 Å². The van der Waals surface area contributed by atoms with E-state index in [1.165, 1.54) is 22.9 Å². The highest BCUT2D eigenvalue weighted by Crippen LogP contribution is 2.22. The van der Waals surface area contributed by atoms with Crippen LogP contribution in [0, 0.1) is 13.8 Å². The van der Waals surface area contributed by atoms with Crippen LogP contribution in [0.15, 0.2) is 60.0 Å². The van der Waals surface area contributed by atoms with Crippen LogP contribution < -0.4 is 5.32 Å². The molecule has 0 saturated heterocycles. The molecule has 2 aromatic carbocycles. The first-order chi connectivity index (χ1) is 12.6. The number of rotatable bonds is 7. The summed E-state index contributed by atoms with van der Waals surface area (Å²) in [5.41, 5.74) is 4.58. The molecule has 0 saturated carbocycles. The summed E-state index contributed by atoms with van der Waals surface area (Å²) in [4.78, 5) is 12.1. The highest BCUT2D eigenvalue weighted by molar-refractivity contribution is 7.99. The standard InChI is InChI=1S/C20H22N4OS/c1-15-8-9-16(2)18(12-15)24-14-22-23-20(24)26-13-19(25)21-11-10-17-6-4-3-5-7-17/h3-9,12,14H,10-11,13H2,1-2H3,(H,21,25). The van der Waals surface area contributed by atoms with Crippen LogP contribution in [-0.2, 0) is 11.2 Å². The molecule has 3 rings (SSSR count). The maximum atomic E-state index is 12.1. The summed E-state index contributed by atoms with van der Waals surface area (Å²) in [6.07, 6.45) is 2.52. The van der Waals surface area contributed by atoms with Gasteiger partial charge in [0.15, 0.2) is 5.16 Å². The zero-order valence-electron chi connectivity index (χ0n) is 15.0. The van der Waals surface area contributed by atoms with E-state index in [9.17, 15) is 4.79 Å². The van der Waals surface area contributed by atoms with Crippen LogP contribution in [0.3, 0.4) is 0 Å². The van der Waals surface area contributed by atoms with Crippen LogP contribution in [0.5, 0.6) is 0 Å². The highest BCUT2D eigenvalue weighted by Gasteiger charge is 2.11. The van der Waals surface area contributed by atoms with Crippen molar-refractivity contribution in [2.75, 3.05) is 12.3 Å². The lowest BCUT2D eigenvalue weighted by Crippen LogP contribution is -2.27. The van der Waals surface area contributed by atoms with Crippen molar-refractivity contribution in [3.63, 3.8) is 0 Å². The summed E-state index contributed by atoms with van der Waals surface area (Å²) in [6.45, 7) is 4.74. The molecule has 1 amide bonds. The fourth-order valence-corrected chi connectivity index (χ4v) is 3.39. The van der Waals surface area contributed by atoms with Gasteiger partial charge >= 0.3 is 0 Å². The Kier molecular flexibility index (Phi) is 6.07. The quantitative estimate of drug-likeness (QED) is 0.652. The molecule has 3 aromatic rings. The van der Waals surface area contributed by atoms with E-state index in [1.54, 1.807) is 6.33 Å². The number of nitrogens with one attached hydrogen (secondary N) is 1. The molecule has 0 unspecified atom stereocenters. The van der Waals surface area contributed by atoms with Crippen molar-refractivity contribution < 1.29 is 4.79 Å². The van der Waals surface area contributed by atoms with Crippen LogP contribution in [0.2, 0.25) is 0 Å². The van der Waals surface area contributed by atoms with Gasteiger partial charge in [0.25, 0.3) is 0 Å². The van der Waals surface area contributed by atoms with Gasteiger partial charge in [-0.15, -0.1) is 10.2 Å². The topological polar surface area (TPSA) is 59.8 Å². The molecular weight excluding hydrogens is 344 g/mol. The van der Waals surface area contributed by atoms with Gasteiger partial charge in [0.1, 0.15) is 6.33 Å². The smallest absolute Gasteiger partial charge is 0.230 e. The van der Waals surface area contributed by atoms with Gasteiger partial charge in [-0.05, 0) is 43.0 Å². The molecule has 0 spiro atoms. The molecule has 0 radical (unpaired) electrons. The number of carbonyl (C=O) groups is 1. The van der Waals surface area contributed by atoms with Gasteiger partial charge in [-0.25, -0.2) is 0 Å². The molecular formula is C20H22N4OS. The molecule has 26 heavy (non-hydrogen) atoms. The van der Waals surface area contributed by atoms with Crippen molar-refractivity contribution in [1.29, 1.82) is 0 Å². The van der Waals surface area contributed by atoms with Crippen LogP contribution in [0.4, 0.5) is 0 Å². The summed E-state index contributed by atoms with van der Waals surface area (Å²) >= 11 is 1.39.